The maximum absolute atomic E-state index is 12.7. The Morgan fingerprint density at radius 2 is 2.19 bits per heavy atom. The van der Waals surface area contributed by atoms with E-state index in [0.29, 0.717) is 19.5 Å². The van der Waals surface area contributed by atoms with Gasteiger partial charge in [0.1, 0.15) is 0 Å². The summed E-state index contributed by atoms with van der Waals surface area (Å²) in [5.41, 5.74) is 1.96. The summed E-state index contributed by atoms with van der Waals surface area (Å²) in [5.74, 6) is 0.309. The number of nitrogens with zero attached hydrogens (tertiary/aromatic N) is 1. The predicted octanol–water partition coefficient (Wildman–Crippen LogP) is 3.29. The van der Waals surface area contributed by atoms with Gasteiger partial charge in [-0.1, -0.05) is 24.6 Å². The molecule has 1 amide bonds. The minimum atomic E-state index is -0.443. The number of nitrogens with one attached hydrogen (secondary N) is 1. The van der Waals surface area contributed by atoms with Gasteiger partial charge in [-0.3, -0.25) is 9.59 Å². The molecular formula is C21H26N2O3. The van der Waals surface area contributed by atoms with Crippen LogP contribution in [0.5, 0.6) is 0 Å². The van der Waals surface area contributed by atoms with E-state index < -0.39 is 5.41 Å². The Bertz CT molecular complexity index is 828. The van der Waals surface area contributed by atoms with Crippen LogP contribution in [0, 0.1) is 11.3 Å². The van der Waals surface area contributed by atoms with E-state index in [-0.39, 0.29) is 17.8 Å². The zero-order valence-electron chi connectivity index (χ0n) is 15.3. The number of aromatic amines is 1. The van der Waals surface area contributed by atoms with Crippen LogP contribution in [0.15, 0.2) is 30.5 Å². The lowest BCUT2D eigenvalue weighted by atomic mass is 9.81. The molecule has 4 rings (SSSR count). The fourth-order valence-electron chi connectivity index (χ4n) is 4.94. The molecule has 0 bridgehead atoms. The highest BCUT2D eigenvalue weighted by Gasteiger charge is 2.56. The van der Waals surface area contributed by atoms with E-state index >= 15 is 0 Å². The van der Waals surface area contributed by atoms with Crippen LogP contribution in [-0.2, 0) is 20.7 Å². The van der Waals surface area contributed by atoms with Gasteiger partial charge in [-0.25, -0.2) is 0 Å². The number of H-pyrrole nitrogens is 1. The summed E-state index contributed by atoms with van der Waals surface area (Å²) in [6.45, 7) is 1.25. The van der Waals surface area contributed by atoms with Gasteiger partial charge in [-0.05, 0) is 43.2 Å². The summed E-state index contributed by atoms with van der Waals surface area (Å²) in [5, 5.41) is 1.24. The fraction of sp³-hybridized carbons (Fsp3) is 0.524. The van der Waals surface area contributed by atoms with Crippen molar-refractivity contribution in [3.8, 4) is 0 Å². The highest BCUT2D eigenvalue weighted by Crippen LogP contribution is 2.49. The van der Waals surface area contributed by atoms with Crippen LogP contribution in [0.3, 0.4) is 0 Å². The minimum absolute atomic E-state index is 0.130. The molecule has 0 radical (unpaired) electrons. The van der Waals surface area contributed by atoms with Crippen molar-refractivity contribution in [3.63, 3.8) is 0 Å². The molecule has 0 unspecified atom stereocenters. The van der Waals surface area contributed by atoms with E-state index in [1.165, 1.54) is 18.1 Å². The summed E-state index contributed by atoms with van der Waals surface area (Å²) < 4.78 is 5.06. The number of carbonyl (C=O) groups excluding carboxylic acids is 2. The van der Waals surface area contributed by atoms with E-state index in [1.54, 1.807) is 0 Å². The molecule has 2 fully saturated rings. The summed E-state index contributed by atoms with van der Waals surface area (Å²) in [6, 6.07) is 8.25. The minimum Gasteiger partial charge on any atom is -0.469 e. The van der Waals surface area contributed by atoms with Crippen LogP contribution in [0.1, 0.15) is 37.7 Å². The predicted molar refractivity (Wildman–Crippen MR) is 99.6 cm³/mol. The molecule has 1 aliphatic carbocycles. The van der Waals surface area contributed by atoms with Gasteiger partial charge < -0.3 is 14.6 Å². The number of hydrogen-bond acceptors (Lipinski definition) is 3. The van der Waals surface area contributed by atoms with Crippen LogP contribution in [0.4, 0.5) is 0 Å². The highest BCUT2D eigenvalue weighted by atomic mass is 16.5. The lowest BCUT2D eigenvalue weighted by Gasteiger charge is -2.25. The summed E-state index contributed by atoms with van der Waals surface area (Å²) in [7, 11) is 1.46. The average Bonchev–Trinajstić information content (AvgIpc) is 3.33. The molecule has 2 atom stereocenters. The van der Waals surface area contributed by atoms with Crippen LogP contribution in [-0.4, -0.2) is 42.0 Å². The number of hydrogen-bond donors (Lipinski definition) is 1. The van der Waals surface area contributed by atoms with E-state index in [1.807, 2.05) is 23.2 Å². The zero-order valence-corrected chi connectivity index (χ0v) is 15.3. The number of rotatable bonds is 5. The molecule has 1 aromatic heterocycles. The van der Waals surface area contributed by atoms with Gasteiger partial charge in [0.25, 0.3) is 0 Å². The van der Waals surface area contributed by atoms with Crippen LogP contribution >= 0.6 is 0 Å². The smallest absolute Gasteiger partial charge is 0.313 e. The molecule has 1 N–H and O–H groups in total. The van der Waals surface area contributed by atoms with E-state index in [4.69, 9.17) is 4.74 Å². The van der Waals surface area contributed by atoms with Crippen molar-refractivity contribution >= 4 is 22.8 Å². The zero-order chi connectivity index (χ0) is 18.1. The third-order valence-corrected chi connectivity index (χ3v) is 6.33. The number of esters is 1. The first-order valence-electron chi connectivity index (χ1n) is 9.55. The van der Waals surface area contributed by atoms with Gasteiger partial charge in [0.15, 0.2) is 0 Å². The third kappa shape index (κ3) is 2.79. The van der Waals surface area contributed by atoms with Crippen LogP contribution < -0.4 is 0 Å². The van der Waals surface area contributed by atoms with Gasteiger partial charge in [-0.15, -0.1) is 0 Å². The largest absolute Gasteiger partial charge is 0.469 e. The lowest BCUT2D eigenvalue weighted by molar-refractivity contribution is -0.153. The first-order valence-corrected chi connectivity index (χ1v) is 9.55. The Morgan fingerprint density at radius 3 is 3.04 bits per heavy atom. The number of aromatic nitrogens is 1. The molecule has 5 heteroatoms. The number of methoxy groups -OCH3 is 1. The molecule has 1 saturated heterocycles. The first-order chi connectivity index (χ1) is 12.6. The van der Waals surface area contributed by atoms with Gasteiger partial charge in [0.05, 0.1) is 12.5 Å². The van der Waals surface area contributed by atoms with Gasteiger partial charge >= 0.3 is 5.97 Å². The molecule has 2 aliphatic rings. The van der Waals surface area contributed by atoms with Crippen molar-refractivity contribution in [3.05, 3.63) is 36.0 Å². The third-order valence-electron chi connectivity index (χ3n) is 6.33. The lowest BCUT2D eigenvalue weighted by Crippen LogP contribution is -2.38. The van der Waals surface area contributed by atoms with Gasteiger partial charge in [0, 0.05) is 36.6 Å². The number of likely N-dealkylation sites (tertiary alicyclic amines) is 1. The van der Waals surface area contributed by atoms with Crippen molar-refractivity contribution in [2.24, 2.45) is 11.3 Å². The molecule has 138 valence electrons. The second-order valence-electron chi connectivity index (χ2n) is 7.72. The molecule has 26 heavy (non-hydrogen) atoms. The molecular weight excluding hydrogens is 328 g/mol. The molecule has 2 heterocycles. The summed E-state index contributed by atoms with van der Waals surface area (Å²) >= 11 is 0. The Labute approximate surface area is 153 Å². The quantitative estimate of drug-likeness (QED) is 0.838. The van der Waals surface area contributed by atoms with Crippen molar-refractivity contribution in [1.29, 1.82) is 0 Å². The number of ether oxygens (including phenoxy) is 1. The monoisotopic (exact) mass is 354 g/mol. The number of amides is 1. The van der Waals surface area contributed by atoms with Crippen LogP contribution in [0.2, 0.25) is 0 Å². The van der Waals surface area contributed by atoms with Crippen molar-refractivity contribution in [2.45, 2.75) is 38.5 Å². The molecule has 1 aromatic carbocycles. The maximum Gasteiger partial charge on any atom is 0.313 e. The van der Waals surface area contributed by atoms with Gasteiger partial charge in [-0.2, -0.15) is 0 Å². The SMILES string of the molecule is COC(=O)[C@]12CCC[C@H]1CN(C(=O)CCCc1c[nH]c3ccccc13)C2. The standard InChI is InChI=1S/C21H26N2O3/c1-26-20(25)21-11-5-7-16(21)13-23(14-21)19(24)10-4-6-15-12-22-18-9-3-2-8-17(15)18/h2-3,8-9,12,16,22H,4-7,10-11,13-14H2,1H3/t16-,21-/m0/s1. The number of fused-ring (bicyclic) bond motifs is 2. The summed E-state index contributed by atoms with van der Waals surface area (Å²) in [6.07, 6.45) is 7.22. The Kier molecular flexibility index (Phi) is 4.47. The first kappa shape index (κ1) is 17.1. The molecule has 5 nitrogen and oxygen atoms in total. The Balaban J connectivity index is 1.35. The topological polar surface area (TPSA) is 62.4 Å². The summed E-state index contributed by atoms with van der Waals surface area (Å²) in [4.78, 5) is 30.2. The number of para-hydroxylation sites is 1. The normalized spacial score (nSPS) is 24.8. The van der Waals surface area contributed by atoms with Crippen molar-refractivity contribution in [2.75, 3.05) is 20.2 Å². The Hall–Kier alpha value is -2.30. The second kappa shape index (κ2) is 6.78. The van der Waals surface area contributed by atoms with Crippen LogP contribution in [0.25, 0.3) is 10.9 Å². The molecule has 2 aromatic rings. The Morgan fingerprint density at radius 1 is 1.35 bits per heavy atom. The maximum atomic E-state index is 12.7. The van der Waals surface area contributed by atoms with E-state index in [0.717, 1.165) is 37.6 Å². The molecule has 0 spiro atoms. The van der Waals surface area contributed by atoms with E-state index in [9.17, 15) is 9.59 Å². The number of aryl methyl sites for hydroxylation is 1. The molecule has 1 aliphatic heterocycles. The fourth-order valence-corrected chi connectivity index (χ4v) is 4.94. The number of carbonyl (C=O) groups is 2. The number of benzene rings is 1. The highest BCUT2D eigenvalue weighted by molar-refractivity contribution is 5.84. The van der Waals surface area contributed by atoms with E-state index in [2.05, 4.69) is 17.1 Å². The van der Waals surface area contributed by atoms with Crippen molar-refractivity contribution < 1.29 is 14.3 Å². The van der Waals surface area contributed by atoms with Gasteiger partial charge in [0.2, 0.25) is 5.91 Å². The molecule has 1 saturated carbocycles. The average molecular weight is 354 g/mol. The van der Waals surface area contributed by atoms with Crippen molar-refractivity contribution in [1.82, 2.24) is 9.88 Å². The second-order valence-corrected chi connectivity index (χ2v) is 7.72.